The molecule has 1 saturated heterocycles. The minimum Gasteiger partial charge on any atom is -0.460 e. The number of rotatable bonds is 6. The Bertz CT molecular complexity index is 1240. The maximum atomic E-state index is 12.9. The molecule has 2 aliphatic heterocycles. The summed E-state index contributed by atoms with van der Waals surface area (Å²) in [5, 5.41) is 0. The quantitative estimate of drug-likeness (QED) is 0.431. The van der Waals surface area contributed by atoms with Crippen LogP contribution in [0.1, 0.15) is 30.7 Å². The highest BCUT2D eigenvalue weighted by Crippen LogP contribution is 2.54. The van der Waals surface area contributed by atoms with Gasteiger partial charge in [0.2, 0.25) is 0 Å². The highest BCUT2D eigenvalue weighted by Gasteiger charge is 2.42. The van der Waals surface area contributed by atoms with Gasteiger partial charge in [0.25, 0.3) is 5.56 Å². The maximum absolute atomic E-state index is 12.9. The molecule has 0 amide bonds. The number of phosphoric ester groups is 1. The first-order valence-corrected chi connectivity index (χ1v) is 12.3. The van der Waals surface area contributed by atoms with Gasteiger partial charge >= 0.3 is 19.5 Å². The second kappa shape index (κ2) is 9.78. The monoisotopic (exact) mass is 542 g/mol. The molecule has 1 unspecified atom stereocenters. The third-order valence-electron chi connectivity index (χ3n) is 5.00. The number of hydrogen-bond donors (Lipinski definition) is 1. The average Bonchev–Trinajstić information content (AvgIpc) is 3.16. The molecule has 2 aromatic rings. The Balaban J connectivity index is 1.51. The topological polar surface area (TPSA) is 135 Å². The van der Waals surface area contributed by atoms with Gasteiger partial charge in [-0.3, -0.25) is 28.2 Å². The molecule has 2 aliphatic rings. The molecule has 1 N–H and O–H groups in total. The van der Waals surface area contributed by atoms with Gasteiger partial charge in [-0.1, -0.05) is 34.1 Å². The van der Waals surface area contributed by atoms with Crippen LogP contribution in [0.5, 0.6) is 5.75 Å². The van der Waals surface area contributed by atoms with E-state index in [9.17, 15) is 18.9 Å². The molecule has 0 saturated carbocycles. The molecule has 0 spiro atoms. The number of aromatic amines is 1. The number of nitrogens with one attached hydrogen (secondary N) is 1. The Hall–Kier alpha value is -2.50. The van der Waals surface area contributed by atoms with Crippen LogP contribution in [0.4, 0.5) is 0 Å². The molecule has 176 valence electrons. The van der Waals surface area contributed by atoms with Crippen molar-refractivity contribution in [3.63, 3.8) is 0 Å². The average molecular weight is 543 g/mol. The second-order valence-corrected chi connectivity index (χ2v) is 9.39. The van der Waals surface area contributed by atoms with E-state index in [0.717, 1.165) is 5.56 Å². The lowest BCUT2D eigenvalue weighted by Crippen LogP contribution is -2.33. The van der Waals surface area contributed by atoms with E-state index in [0.29, 0.717) is 5.75 Å². The summed E-state index contributed by atoms with van der Waals surface area (Å²) in [6.07, 6.45) is 0.364. The van der Waals surface area contributed by atoms with Gasteiger partial charge in [0, 0.05) is 25.1 Å². The van der Waals surface area contributed by atoms with Crippen LogP contribution >= 0.6 is 23.8 Å². The van der Waals surface area contributed by atoms with Crippen LogP contribution in [0.3, 0.4) is 0 Å². The molecule has 1 aromatic heterocycles. The molecule has 0 radical (unpaired) electrons. The molecular formula is C20H20BrN2O9P. The number of nitrogens with zero attached hydrogens (tertiary/aromatic N) is 1. The number of fused-ring (bicyclic) bond motifs is 1. The highest BCUT2D eigenvalue weighted by molar-refractivity contribution is 9.11. The number of aromatic nitrogens is 2. The minimum atomic E-state index is -3.93. The Labute approximate surface area is 196 Å². The predicted octanol–water partition coefficient (Wildman–Crippen LogP) is 2.86. The highest BCUT2D eigenvalue weighted by atomic mass is 79.9. The molecule has 33 heavy (non-hydrogen) atoms. The lowest BCUT2D eigenvalue weighted by atomic mass is 10.2. The number of phosphoric acid groups is 1. The Morgan fingerprint density at radius 1 is 1.36 bits per heavy atom. The lowest BCUT2D eigenvalue weighted by Gasteiger charge is -2.26. The fourth-order valence-electron chi connectivity index (χ4n) is 3.50. The smallest absolute Gasteiger partial charge is 0.460 e. The van der Waals surface area contributed by atoms with Crippen LogP contribution in [0.15, 0.2) is 45.0 Å². The van der Waals surface area contributed by atoms with Gasteiger partial charge < -0.3 is 14.0 Å². The number of carbonyl (C=O) groups is 1. The van der Waals surface area contributed by atoms with Crippen LogP contribution in [0, 0.1) is 0 Å². The van der Waals surface area contributed by atoms with Crippen molar-refractivity contribution in [2.45, 2.75) is 38.4 Å². The van der Waals surface area contributed by atoms with Crippen molar-refractivity contribution >= 4 is 35.8 Å². The van der Waals surface area contributed by atoms with Crippen molar-refractivity contribution in [2.75, 3.05) is 6.61 Å². The van der Waals surface area contributed by atoms with E-state index in [1.54, 1.807) is 24.3 Å². The number of hydrogen-bond acceptors (Lipinski definition) is 9. The second-order valence-electron chi connectivity index (χ2n) is 7.27. The van der Waals surface area contributed by atoms with Crippen molar-refractivity contribution in [1.29, 1.82) is 0 Å². The Morgan fingerprint density at radius 2 is 2.15 bits per heavy atom. The zero-order chi connectivity index (χ0) is 23.6. The fraction of sp³-hybridized carbons (Fsp3) is 0.350. The summed E-state index contributed by atoms with van der Waals surface area (Å²) in [5.41, 5.74) is -0.311. The number of benzene rings is 1. The van der Waals surface area contributed by atoms with Gasteiger partial charge in [-0.25, -0.2) is 9.36 Å². The van der Waals surface area contributed by atoms with E-state index in [2.05, 4.69) is 20.9 Å². The van der Waals surface area contributed by atoms with Crippen LogP contribution < -0.4 is 15.8 Å². The summed E-state index contributed by atoms with van der Waals surface area (Å²) in [4.78, 5) is 39.6. The van der Waals surface area contributed by atoms with E-state index in [-0.39, 0.29) is 25.2 Å². The molecule has 1 aromatic carbocycles. The van der Waals surface area contributed by atoms with Crippen LogP contribution in [-0.4, -0.2) is 34.3 Å². The first-order chi connectivity index (χ1) is 15.8. The molecular weight excluding hydrogens is 523 g/mol. The summed E-state index contributed by atoms with van der Waals surface area (Å²) in [6, 6.07) is 6.97. The van der Waals surface area contributed by atoms with Crippen molar-refractivity contribution in [3.05, 3.63) is 67.4 Å². The lowest BCUT2D eigenvalue weighted by molar-refractivity contribution is -0.150. The summed E-state index contributed by atoms with van der Waals surface area (Å²) in [6.45, 7) is 0.995. The zero-order valence-electron chi connectivity index (χ0n) is 17.3. The largest absolute Gasteiger partial charge is 0.530 e. The van der Waals surface area contributed by atoms with Gasteiger partial charge in [-0.15, -0.1) is 0 Å². The standard InChI is InChI=1S/C20H20BrN2O9P/c1-12(24)30-16-8-18(23-9-13(6-7-21)19(25)22-20(23)26)31-17(16)11-29-33(27)28-10-14-4-2-3-5-15(14)32-33/h2-7,9,16-18H,8,10-11H2,1H3,(H,22,25,26)/b7-6+/t16-,17+,18+,33?/m0/s1. The van der Waals surface area contributed by atoms with Crippen molar-refractivity contribution in [1.82, 2.24) is 9.55 Å². The van der Waals surface area contributed by atoms with E-state index in [1.165, 1.54) is 28.7 Å². The number of para-hydroxylation sites is 1. The van der Waals surface area contributed by atoms with Gasteiger partial charge in [0.1, 0.15) is 24.2 Å². The molecule has 11 nitrogen and oxygen atoms in total. The molecule has 0 aliphatic carbocycles. The summed E-state index contributed by atoms with van der Waals surface area (Å²) in [5.74, 6) is -0.169. The van der Waals surface area contributed by atoms with Crippen LogP contribution in [-0.2, 0) is 34.5 Å². The number of ether oxygens (including phenoxy) is 2. The minimum absolute atomic E-state index is 0.0472. The van der Waals surface area contributed by atoms with Gasteiger partial charge in [-0.05, 0) is 17.1 Å². The summed E-state index contributed by atoms with van der Waals surface area (Å²) < 4.78 is 41.5. The fourth-order valence-corrected chi connectivity index (χ4v) is 5.01. The molecule has 1 fully saturated rings. The Kier molecular flexibility index (Phi) is 7.01. The first-order valence-electron chi connectivity index (χ1n) is 9.89. The van der Waals surface area contributed by atoms with Crippen LogP contribution in [0.25, 0.3) is 6.08 Å². The van der Waals surface area contributed by atoms with Crippen molar-refractivity contribution in [2.24, 2.45) is 0 Å². The first kappa shape index (κ1) is 23.7. The van der Waals surface area contributed by atoms with Crippen molar-refractivity contribution in [3.8, 4) is 5.75 Å². The third kappa shape index (κ3) is 5.36. The molecule has 13 heteroatoms. The van der Waals surface area contributed by atoms with Gasteiger partial charge in [0.15, 0.2) is 0 Å². The third-order valence-corrected chi connectivity index (χ3v) is 6.60. The van der Waals surface area contributed by atoms with Gasteiger partial charge in [-0.2, -0.15) is 0 Å². The van der Waals surface area contributed by atoms with E-state index in [1.807, 2.05) is 0 Å². The van der Waals surface area contributed by atoms with E-state index < -0.39 is 43.5 Å². The molecule has 3 heterocycles. The molecule has 4 atom stereocenters. The number of H-pyrrole nitrogens is 1. The van der Waals surface area contributed by atoms with Crippen LogP contribution in [0.2, 0.25) is 0 Å². The SMILES string of the molecule is CC(=O)O[C@H]1C[C@H](n2cc(/C=C/Br)c(=O)[nH]c2=O)O[C@@H]1COP1(=O)OCc2ccccc2O1. The van der Waals surface area contributed by atoms with E-state index in [4.69, 9.17) is 23.0 Å². The molecule has 4 rings (SSSR count). The zero-order valence-corrected chi connectivity index (χ0v) is 19.8. The number of esters is 1. The van der Waals surface area contributed by atoms with Crippen molar-refractivity contribution < 1.29 is 32.4 Å². The molecule has 0 bridgehead atoms. The summed E-state index contributed by atoms with van der Waals surface area (Å²) in [7, 11) is -3.93. The normalized spacial score (nSPS) is 26.7. The van der Waals surface area contributed by atoms with E-state index >= 15 is 0 Å². The maximum Gasteiger partial charge on any atom is 0.530 e. The number of halogens is 1. The number of carbonyl (C=O) groups excluding carboxylic acids is 1. The van der Waals surface area contributed by atoms with Gasteiger partial charge in [0.05, 0.1) is 18.8 Å². The summed E-state index contributed by atoms with van der Waals surface area (Å²) >= 11 is 3.09. The predicted molar refractivity (Wildman–Crippen MR) is 119 cm³/mol. The Morgan fingerprint density at radius 3 is 2.91 bits per heavy atom.